The van der Waals surface area contributed by atoms with Gasteiger partial charge in [0.2, 0.25) is 17.0 Å². The van der Waals surface area contributed by atoms with Crippen molar-refractivity contribution in [2.45, 2.75) is 49.6 Å². The zero-order chi connectivity index (χ0) is 20.6. The Kier molecular flexibility index (Phi) is 6.55. The van der Waals surface area contributed by atoms with Gasteiger partial charge in [0.05, 0.1) is 6.61 Å². The summed E-state index contributed by atoms with van der Waals surface area (Å²) < 4.78 is 0. The van der Waals surface area contributed by atoms with Crippen LogP contribution in [0.2, 0.25) is 0 Å². The van der Waals surface area contributed by atoms with Crippen molar-refractivity contribution >= 4 is 40.5 Å². The maximum absolute atomic E-state index is 12.4. The minimum Gasteiger partial charge on any atom is -0.393 e. The Morgan fingerprint density at radius 3 is 1.36 bits per heavy atom. The summed E-state index contributed by atoms with van der Waals surface area (Å²) in [7, 11) is 0. The fraction of sp³-hybridized carbons (Fsp3) is 0.643. The van der Waals surface area contributed by atoms with Gasteiger partial charge in [0, 0.05) is 0 Å². The van der Waals surface area contributed by atoms with Crippen molar-refractivity contribution in [3.05, 3.63) is 0 Å². The Labute approximate surface area is 147 Å². The number of carbonyl (C=O) groups is 5. The third-order valence-corrected chi connectivity index (χ3v) is 4.49. The molecule has 25 heavy (non-hydrogen) atoms. The topological polar surface area (TPSA) is 186 Å². The lowest BCUT2D eigenvalue weighted by atomic mass is 9.63. The molecule has 0 aliphatic carbocycles. The summed E-state index contributed by atoms with van der Waals surface area (Å²) >= 11 is 5.33. The predicted octanol–water partition coefficient (Wildman–Crippen LogP) is -2.98. The van der Waals surface area contributed by atoms with E-state index < -0.39 is 57.4 Å². The number of hydrogen-bond acceptors (Lipinski definition) is 10. The van der Waals surface area contributed by atoms with Crippen molar-refractivity contribution in [3.8, 4) is 0 Å². The molecule has 142 valence electrons. The van der Waals surface area contributed by atoms with Gasteiger partial charge in [0.15, 0.2) is 28.7 Å². The molecule has 0 aromatic carbocycles. The number of carbonyl (C=O) groups excluding carboxylic acids is 5. The van der Waals surface area contributed by atoms with Crippen LogP contribution in [-0.2, 0) is 24.0 Å². The summed E-state index contributed by atoms with van der Waals surface area (Å²) in [5.41, 5.74) is -11.5. The molecule has 0 bridgehead atoms. The van der Waals surface area contributed by atoms with Crippen molar-refractivity contribution in [1.29, 1.82) is 0 Å². The first kappa shape index (κ1) is 23.4. The minimum absolute atomic E-state index is 0.469. The van der Waals surface area contributed by atoms with Gasteiger partial charge in [-0.3, -0.25) is 24.0 Å². The molecule has 10 nitrogen and oxygen atoms in total. The fourth-order valence-corrected chi connectivity index (χ4v) is 2.44. The quantitative estimate of drug-likeness (QED) is 0.203. The number of halogens is 1. The normalized spacial score (nSPS) is 21.0. The first-order chi connectivity index (χ1) is 11.0. The molecule has 0 aliphatic heterocycles. The summed E-state index contributed by atoms with van der Waals surface area (Å²) in [6.45, 7) is 0.458. The molecule has 1 unspecified atom stereocenters. The van der Waals surface area contributed by atoms with E-state index in [0.717, 1.165) is 0 Å². The third-order valence-electron chi connectivity index (χ3n) is 4.05. The van der Waals surface area contributed by atoms with E-state index in [1.165, 1.54) is 0 Å². The summed E-state index contributed by atoms with van der Waals surface area (Å²) in [6.07, 6.45) is 0. The molecule has 0 heterocycles. The zero-order valence-electron chi connectivity index (χ0n) is 13.9. The van der Waals surface area contributed by atoms with Crippen molar-refractivity contribution in [2.75, 3.05) is 6.61 Å². The van der Waals surface area contributed by atoms with Gasteiger partial charge in [-0.05, 0) is 27.7 Å². The van der Waals surface area contributed by atoms with Crippen LogP contribution in [0.25, 0.3) is 0 Å². The van der Waals surface area contributed by atoms with Crippen LogP contribution < -0.4 is 0 Å². The van der Waals surface area contributed by atoms with E-state index in [9.17, 15) is 49.5 Å². The first-order valence-electron chi connectivity index (χ1n) is 6.77. The second-order valence-corrected chi connectivity index (χ2v) is 6.16. The van der Waals surface area contributed by atoms with Crippen molar-refractivity contribution < 1.29 is 49.5 Å². The maximum atomic E-state index is 12.4. The largest absolute Gasteiger partial charge is 0.393 e. The second-order valence-electron chi connectivity index (χ2n) is 5.62. The molecule has 0 fully saturated rings. The van der Waals surface area contributed by atoms with Crippen LogP contribution in [0.5, 0.6) is 0 Å². The standard InChI is InChI=1S/C14H19ClO10/c1-6(17)11(22,5-16)14(25,9(4)20)12(23,7(2)18)10(21)13(15,24)8(3)19/h16,22-25H,5H2,1-4H3/t11-,12+,13?,14+/m0/s1. The van der Waals surface area contributed by atoms with Crippen molar-refractivity contribution in [2.24, 2.45) is 0 Å². The Balaban J connectivity index is 7.10. The lowest BCUT2D eigenvalue weighted by molar-refractivity contribution is -0.234. The summed E-state index contributed by atoms with van der Waals surface area (Å²) in [5, 5.41) is 47.0. The molecule has 0 rings (SSSR count). The number of rotatable bonds is 9. The number of aliphatic hydroxyl groups excluding tert-OH is 1. The van der Waals surface area contributed by atoms with Crippen LogP contribution in [0.4, 0.5) is 0 Å². The lowest BCUT2D eigenvalue weighted by Gasteiger charge is -2.47. The maximum Gasteiger partial charge on any atom is 0.260 e. The summed E-state index contributed by atoms with van der Waals surface area (Å²) in [5.74, 6) is -8.68. The van der Waals surface area contributed by atoms with Gasteiger partial charge < -0.3 is 25.5 Å². The molecule has 0 aliphatic rings. The molecule has 0 amide bonds. The lowest BCUT2D eigenvalue weighted by Crippen LogP contribution is -2.81. The highest BCUT2D eigenvalue weighted by molar-refractivity contribution is 6.48. The number of alkyl halides is 1. The highest BCUT2D eigenvalue weighted by Crippen LogP contribution is 2.39. The van der Waals surface area contributed by atoms with Gasteiger partial charge in [0.1, 0.15) is 0 Å². The van der Waals surface area contributed by atoms with E-state index in [2.05, 4.69) is 0 Å². The zero-order valence-corrected chi connectivity index (χ0v) is 14.6. The number of Topliss-reactive ketones (excluding diaryl/α,β-unsaturated/α-hetero) is 5. The molecular weight excluding hydrogens is 364 g/mol. The van der Waals surface area contributed by atoms with Crippen LogP contribution in [0.3, 0.4) is 0 Å². The van der Waals surface area contributed by atoms with Gasteiger partial charge in [0.25, 0.3) is 5.06 Å². The monoisotopic (exact) mass is 382 g/mol. The molecule has 4 atom stereocenters. The Morgan fingerprint density at radius 2 is 1.16 bits per heavy atom. The van der Waals surface area contributed by atoms with Gasteiger partial charge in [-0.15, -0.1) is 0 Å². The number of ketones is 5. The molecule has 0 saturated heterocycles. The number of aliphatic hydroxyl groups is 5. The van der Waals surface area contributed by atoms with Crippen molar-refractivity contribution in [1.82, 2.24) is 0 Å². The average Bonchev–Trinajstić information content (AvgIpc) is 2.50. The fourth-order valence-electron chi connectivity index (χ4n) is 2.30. The van der Waals surface area contributed by atoms with E-state index in [-0.39, 0.29) is 0 Å². The Morgan fingerprint density at radius 1 is 0.760 bits per heavy atom. The van der Waals surface area contributed by atoms with E-state index in [4.69, 9.17) is 11.6 Å². The highest BCUT2D eigenvalue weighted by Gasteiger charge is 2.74. The summed E-state index contributed by atoms with van der Waals surface area (Å²) in [6, 6.07) is 0. The molecule has 0 aromatic rings. The van der Waals surface area contributed by atoms with Gasteiger partial charge >= 0.3 is 0 Å². The van der Waals surface area contributed by atoms with Crippen LogP contribution in [0, 0.1) is 0 Å². The van der Waals surface area contributed by atoms with Crippen LogP contribution in [-0.4, -0.2) is 82.9 Å². The van der Waals surface area contributed by atoms with Crippen LogP contribution in [0.15, 0.2) is 0 Å². The van der Waals surface area contributed by atoms with Gasteiger partial charge in [-0.1, -0.05) is 11.6 Å². The molecule has 0 radical (unpaired) electrons. The molecule has 0 spiro atoms. The minimum atomic E-state index is -4.04. The van der Waals surface area contributed by atoms with E-state index in [0.29, 0.717) is 27.7 Å². The first-order valence-corrected chi connectivity index (χ1v) is 7.15. The molecule has 0 aromatic heterocycles. The van der Waals surface area contributed by atoms with Crippen LogP contribution in [0.1, 0.15) is 27.7 Å². The van der Waals surface area contributed by atoms with Crippen molar-refractivity contribution in [3.63, 3.8) is 0 Å². The number of hydrogen-bond donors (Lipinski definition) is 5. The van der Waals surface area contributed by atoms with E-state index in [1.54, 1.807) is 0 Å². The smallest absolute Gasteiger partial charge is 0.260 e. The predicted molar refractivity (Wildman–Crippen MR) is 80.5 cm³/mol. The van der Waals surface area contributed by atoms with Crippen LogP contribution >= 0.6 is 11.6 Å². The molecule has 0 saturated carbocycles. The Hall–Kier alpha value is -1.56. The van der Waals surface area contributed by atoms with Gasteiger partial charge in [-0.25, -0.2) is 0 Å². The second kappa shape index (κ2) is 6.98. The molecule has 11 heteroatoms. The third kappa shape index (κ3) is 3.05. The highest BCUT2D eigenvalue weighted by atomic mass is 35.5. The SMILES string of the molecule is CC(=O)C(O)(Cl)C(=O)[C@](O)(C(C)=O)[C@@](O)(C(C)=O)[C@](O)(CO)C(C)=O. The Bertz CT molecular complexity index is 642. The average molecular weight is 383 g/mol. The molecular formula is C14H19ClO10. The molecule has 5 N–H and O–H groups in total. The van der Waals surface area contributed by atoms with E-state index in [1.807, 2.05) is 0 Å². The summed E-state index contributed by atoms with van der Waals surface area (Å²) in [4.78, 5) is 59.4. The van der Waals surface area contributed by atoms with Gasteiger partial charge in [-0.2, -0.15) is 0 Å². The van der Waals surface area contributed by atoms with E-state index >= 15 is 0 Å².